The maximum atomic E-state index is 9.95. The van der Waals surface area contributed by atoms with E-state index in [9.17, 15) is 10.1 Å². The van der Waals surface area contributed by atoms with E-state index in [2.05, 4.69) is 6.92 Å². The SMILES string of the molecule is CCCCCCCCCCC=C[N+](=O)[O-]. The molecule has 15 heavy (non-hydrogen) atoms. The van der Waals surface area contributed by atoms with E-state index in [0.717, 1.165) is 19.0 Å². The second kappa shape index (κ2) is 11.2. The molecule has 0 aromatic heterocycles. The van der Waals surface area contributed by atoms with Crippen LogP contribution in [0.1, 0.15) is 64.7 Å². The van der Waals surface area contributed by atoms with Crippen LogP contribution >= 0.6 is 0 Å². The number of unbranched alkanes of at least 4 members (excludes halogenated alkanes) is 8. The second-order valence-corrected chi connectivity index (χ2v) is 3.93. The Morgan fingerprint density at radius 1 is 1.00 bits per heavy atom. The van der Waals surface area contributed by atoms with Gasteiger partial charge in [-0.3, -0.25) is 10.1 Å². The van der Waals surface area contributed by atoms with Crippen molar-refractivity contribution in [2.24, 2.45) is 0 Å². The number of allylic oxidation sites excluding steroid dienone is 1. The Bertz CT molecular complexity index is 178. The highest BCUT2D eigenvalue weighted by Crippen LogP contribution is 2.09. The largest absolute Gasteiger partial charge is 0.259 e. The van der Waals surface area contributed by atoms with Crippen LogP contribution in [-0.4, -0.2) is 4.92 Å². The molecule has 88 valence electrons. The van der Waals surface area contributed by atoms with Crippen LogP contribution in [-0.2, 0) is 0 Å². The minimum Gasteiger partial charge on any atom is -0.259 e. The summed E-state index contributed by atoms with van der Waals surface area (Å²) in [5, 5.41) is 9.95. The predicted molar refractivity (Wildman–Crippen MR) is 63.4 cm³/mol. The highest BCUT2D eigenvalue weighted by molar-refractivity contribution is 4.71. The van der Waals surface area contributed by atoms with Gasteiger partial charge in [0.1, 0.15) is 0 Å². The van der Waals surface area contributed by atoms with Crippen LogP contribution in [0.15, 0.2) is 12.3 Å². The molecule has 0 atom stereocenters. The summed E-state index contributed by atoms with van der Waals surface area (Å²) in [4.78, 5) is 9.56. The molecule has 0 aliphatic rings. The lowest BCUT2D eigenvalue weighted by Gasteiger charge is -1.99. The van der Waals surface area contributed by atoms with Gasteiger partial charge >= 0.3 is 0 Å². The number of nitrogens with zero attached hydrogens (tertiary/aromatic N) is 1. The number of rotatable bonds is 10. The highest BCUT2D eigenvalue weighted by Gasteiger charge is 1.91. The predicted octanol–water partition coefficient (Wildman–Crippen LogP) is 4.31. The van der Waals surface area contributed by atoms with Crippen LogP contribution in [0.2, 0.25) is 0 Å². The molecule has 3 nitrogen and oxygen atoms in total. The summed E-state index contributed by atoms with van der Waals surface area (Å²) >= 11 is 0. The van der Waals surface area contributed by atoms with E-state index in [-0.39, 0.29) is 0 Å². The Labute approximate surface area is 92.7 Å². The Kier molecular flexibility index (Phi) is 10.6. The van der Waals surface area contributed by atoms with Crippen LogP contribution in [0.4, 0.5) is 0 Å². The lowest BCUT2D eigenvalue weighted by Crippen LogP contribution is -1.83. The summed E-state index contributed by atoms with van der Waals surface area (Å²) in [5.41, 5.74) is 0. The van der Waals surface area contributed by atoms with Crippen molar-refractivity contribution in [2.75, 3.05) is 0 Å². The fraction of sp³-hybridized carbons (Fsp3) is 0.833. The third-order valence-electron chi connectivity index (χ3n) is 2.45. The first-order valence-corrected chi connectivity index (χ1v) is 6.07. The average Bonchev–Trinajstić information content (AvgIpc) is 2.20. The Balaban J connectivity index is 3.02. The lowest BCUT2D eigenvalue weighted by molar-refractivity contribution is -0.402. The molecule has 0 heterocycles. The van der Waals surface area contributed by atoms with E-state index in [1.807, 2.05) is 0 Å². The molecular formula is C12H23NO2. The molecule has 0 spiro atoms. The second-order valence-electron chi connectivity index (χ2n) is 3.93. The van der Waals surface area contributed by atoms with Gasteiger partial charge in [-0.25, -0.2) is 0 Å². The van der Waals surface area contributed by atoms with Crippen molar-refractivity contribution in [1.29, 1.82) is 0 Å². The summed E-state index contributed by atoms with van der Waals surface area (Å²) in [7, 11) is 0. The standard InChI is InChI=1S/C12H23NO2/c1-2-3-4-5-6-7-8-9-10-11-12-13(14)15/h11-12H,2-10H2,1H3. The maximum absolute atomic E-state index is 9.95. The fourth-order valence-electron chi connectivity index (χ4n) is 1.56. The first kappa shape index (κ1) is 14.1. The zero-order valence-corrected chi connectivity index (χ0v) is 9.78. The van der Waals surface area contributed by atoms with Gasteiger partial charge < -0.3 is 0 Å². The minimum atomic E-state index is -0.398. The van der Waals surface area contributed by atoms with Crippen molar-refractivity contribution >= 4 is 0 Å². The first-order chi connectivity index (χ1) is 7.27. The van der Waals surface area contributed by atoms with E-state index in [4.69, 9.17) is 0 Å². The van der Waals surface area contributed by atoms with Crippen LogP contribution < -0.4 is 0 Å². The van der Waals surface area contributed by atoms with E-state index >= 15 is 0 Å². The zero-order valence-electron chi connectivity index (χ0n) is 9.78. The van der Waals surface area contributed by atoms with Crippen molar-refractivity contribution < 1.29 is 4.92 Å². The maximum Gasteiger partial charge on any atom is 0.230 e. The number of hydrogen-bond acceptors (Lipinski definition) is 2. The number of hydrogen-bond donors (Lipinski definition) is 0. The summed E-state index contributed by atoms with van der Waals surface area (Å²) < 4.78 is 0. The highest BCUT2D eigenvalue weighted by atomic mass is 16.6. The molecule has 0 unspecified atom stereocenters. The fourth-order valence-corrected chi connectivity index (χ4v) is 1.56. The monoisotopic (exact) mass is 213 g/mol. The minimum absolute atomic E-state index is 0.398. The molecule has 0 fully saturated rings. The van der Waals surface area contributed by atoms with Crippen LogP contribution in [0.25, 0.3) is 0 Å². The summed E-state index contributed by atoms with van der Waals surface area (Å²) in [6.07, 6.45) is 13.8. The third-order valence-corrected chi connectivity index (χ3v) is 2.45. The molecule has 0 N–H and O–H groups in total. The molecule has 0 aromatic rings. The number of nitro groups is 1. The molecular weight excluding hydrogens is 190 g/mol. The van der Waals surface area contributed by atoms with Gasteiger partial charge in [-0.1, -0.05) is 51.9 Å². The van der Waals surface area contributed by atoms with Crippen LogP contribution in [0, 0.1) is 10.1 Å². The zero-order chi connectivity index (χ0) is 11.4. The molecule has 0 rings (SSSR count). The smallest absolute Gasteiger partial charge is 0.230 e. The summed E-state index contributed by atoms with van der Waals surface area (Å²) in [6, 6.07) is 0. The molecule has 0 aromatic carbocycles. The van der Waals surface area contributed by atoms with E-state index < -0.39 is 4.92 Å². The van der Waals surface area contributed by atoms with Gasteiger partial charge in [-0.2, -0.15) is 0 Å². The molecule has 0 saturated heterocycles. The van der Waals surface area contributed by atoms with Gasteiger partial charge in [0.25, 0.3) is 0 Å². The Morgan fingerprint density at radius 3 is 2.07 bits per heavy atom. The van der Waals surface area contributed by atoms with E-state index in [1.54, 1.807) is 6.08 Å². The Hall–Kier alpha value is -0.860. The first-order valence-electron chi connectivity index (χ1n) is 6.07. The van der Waals surface area contributed by atoms with Crippen LogP contribution in [0.3, 0.4) is 0 Å². The molecule has 0 aliphatic heterocycles. The normalized spacial score (nSPS) is 11.0. The molecule has 3 heteroatoms. The van der Waals surface area contributed by atoms with Crippen molar-refractivity contribution in [3.8, 4) is 0 Å². The third kappa shape index (κ3) is 13.1. The van der Waals surface area contributed by atoms with Crippen molar-refractivity contribution in [3.63, 3.8) is 0 Å². The van der Waals surface area contributed by atoms with Crippen molar-refractivity contribution in [3.05, 3.63) is 22.4 Å². The lowest BCUT2D eigenvalue weighted by atomic mass is 10.1. The average molecular weight is 213 g/mol. The quantitative estimate of drug-likeness (QED) is 0.308. The van der Waals surface area contributed by atoms with Gasteiger partial charge in [0, 0.05) is 0 Å². The van der Waals surface area contributed by atoms with Gasteiger partial charge in [-0.05, 0) is 18.9 Å². The molecule has 0 radical (unpaired) electrons. The molecule has 0 bridgehead atoms. The van der Waals surface area contributed by atoms with Gasteiger partial charge in [0.05, 0.1) is 4.92 Å². The Morgan fingerprint density at radius 2 is 1.53 bits per heavy atom. The van der Waals surface area contributed by atoms with Gasteiger partial charge in [0.15, 0.2) is 0 Å². The molecule has 0 amide bonds. The summed E-state index contributed by atoms with van der Waals surface area (Å²) in [5.74, 6) is 0. The molecule has 0 aliphatic carbocycles. The van der Waals surface area contributed by atoms with Crippen molar-refractivity contribution in [1.82, 2.24) is 0 Å². The van der Waals surface area contributed by atoms with Gasteiger partial charge in [0.2, 0.25) is 6.20 Å². The topological polar surface area (TPSA) is 43.1 Å². The summed E-state index contributed by atoms with van der Waals surface area (Å²) in [6.45, 7) is 2.22. The van der Waals surface area contributed by atoms with Crippen LogP contribution in [0.5, 0.6) is 0 Å². The van der Waals surface area contributed by atoms with Crippen molar-refractivity contribution in [2.45, 2.75) is 64.7 Å². The van der Waals surface area contributed by atoms with Gasteiger partial charge in [-0.15, -0.1) is 0 Å². The van der Waals surface area contributed by atoms with E-state index in [1.165, 1.54) is 44.9 Å². The van der Waals surface area contributed by atoms with E-state index in [0.29, 0.717) is 0 Å². The molecule has 0 saturated carbocycles.